The Morgan fingerprint density at radius 2 is 1.73 bits per heavy atom. The number of para-hydroxylation sites is 1. The highest BCUT2D eigenvalue weighted by Crippen LogP contribution is 2.28. The summed E-state index contributed by atoms with van der Waals surface area (Å²) in [4.78, 5) is 24.6. The maximum absolute atomic E-state index is 12.5. The number of esters is 1. The third-order valence-corrected chi connectivity index (χ3v) is 3.52. The van der Waals surface area contributed by atoms with Crippen molar-refractivity contribution in [1.82, 2.24) is 0 Å². The van der Waals surface area contributed by atoms with Crippen LogP contribution in [-0.4, -0.2) is 11.8 Å². The van der Waals surface area contributed by atoms with Gasteiger partial charge in [-0.25, -0.2) is 4.79 Å². The Balaban J connectivity index is 2.07. The Morgan fingerprint density at radius 1 is 1.00 bits per heavy atom. The van der Waals surface area contributed by atoms with Gasteiger partial charge in [0.25, 0.3) is 0 Å². The van der Waals surface area contributed by atoms with Gasteiger partial charge in [0.2, 0.25) is 5.78 Å². The molecule has 0 aliphatic carbocycles. The zero-order valence-corrected chi connectivity index (χ0v) is 11.9. The lowest BCUT2D eigenvalue weighted by Crippen LogP contribution is -2.25. The van der Waals surface area contributed by atoms with Crippen LogP contribution in [0.15, 0.2) is 66.8 Å². The molecule has 0 radical (unpaired) electrons. The van der Waals surface area contributed by atoms with E-state index in [0.717, 1.165) is 11.1 Å². The minimum atomic E-state index is -0.614. The summed E-state index contributed by atoms with van der Waals surface area (Å²) < 4.78 is 5.24. The summed E-state index contributed by atoms with van der Waals surface area (Å²) in [5, 5.41) is 0. The highest BCUT2D eigenvalue weighted by Gasteiger charge is 2.30. The highest BCUT2D eigenvalue weighted by molar-refractivity contribution is 6.30. The van der Waals surface area contributed by atoms with Gasteiger partial charge in [0.05, 0.1) is 5.56 Å². The van der Waals surface area contributed by atoms with Gasteiger partial charge in [0.15, 0.2) is 0 Å². The minimum Gasteiger partial charge on any atom is -0.422 e. The molecule has 0 spiro atoms. The van der Waals surface area contributed by atoms with Crippen molar-refractivity contribution in [3.05, 3.63) is 83.4 Å². The van der Waals surface area contributed by atoms with E-state index in [1.54, 1.807) is 36.4 Å². The first-order chi connectivity index (χ1) is 10.7. The number of allylic oxidation sites excluding steroid dienone is 1. The SMILES string of the molecule is C=CCc1ccccc1C=C1C(=O)Oc2ccccc2C1=O. The van der Waals surface area contributed by atoms with E-state index in [0.29, 0.717) is 17.7 Å². The molecule has 0 aromatic heterocycles. The van der Waals surface area contributed by atoms with Crippen LogP contribution >= 0.6 is 0 Å². The first-order valence-corrected chi connectivity index (χ1v) is 6.97. The summed E-state index contributed by atoms with van der Waals surface area (Å²) in [6.45, 7) is 3.72. The van der Waals surface area contributed by atoms with Gasteiger partial charge in [0.1, 0.15) is 11.3 Å². The van der Waals surface area contributed by atoms with Crippen LogP contribution in [0.3, 0.4) is 0 Å². The van der Waals surface area contributed by atoms with Crippen molar-refractivity contribution in [2.45, 2.75) is 6.42 Å². The molecule has 1 heterocycles. The van der Waals surface area contributed by atoms with Crippen LogP contribution in [0.5, 0.6) is 5.75 Å². The lowest BCUT2D eigenvalue weighted by Gasteiger charge is -2.16. The second kappa shape index (κ2) is 5.82. The zero-order valence-electron chi connectivity index (χ0n) is 11.9. The lowest BCUT2D eigenvalue weighted by atomic mass is 9.96. The normalized spacial score (nSPS) is 15.4. The summed E-state index contributed by atoms with van der Waals surface area (Å²) in [5.41, 5.74) is 2.29. The second-order valence-corrected chi connectivity index (χ2v) is 4.96. The Labute approximate surface area is 128 Å². The molecule has 0 saturated carbocycles. The van der Waals surface area contributed by atoms with Crippen molar-refractivity contribution in [2.75, 3.05) is 0 Å². The number of rotatable bonds is 3. The van der Waals surface area contributed by atoms with E-state index in [4.69, 9.17) is 4.74 Å². The van der Waals surface area contributed by atoms with Crippen LogP contribution in [0.4, 0.5) is 0 Å². The molecule has 0 bridgehead atoms. The monoisotopic (exact) mass is 290 g/mol. The van der Waals surface area contributed by atoms with E-state index in [1.165, 1.54) is 0 Å². The molecule has 0 N–H and O–H groups in total. The molecule has 0 fully saturated rings. The largest absolute Gasteiger partial charge is 0.422 e. The van der Waals surface area contributed by atoms with Crippen LogP contribution < -0.4 is 4.74 Å². The fourth-order valence-corrected chi connectivity index (χ4v) is 2.43. The number of benzene rings is 2. The van der Waals surface area contributed by atoms with Crippen molar-refractivity contribution in [3.8, 4) is 5.75 Å². The van der Waals surface area contributed by atoms with Crippen LogP contribution in [0, 0.1) is 0 Å². The maximum Gasteiger partial charge on any atom is 0.347 e. The molecule has 108 valence electrons. The van der Waals surface area contributed by atoms with Gasteiger partial charge in [-0.3, -0.25) is 4.79 Å². The molecule has 3 heteroatoms. The van der Waals surface area contributed by atoms with Crippen LogP contribution in [-0.2, 0) is 11.2 Å². The van der Waals surface area contributed by atoms with E-state index in [-0.39, 0.29) is 11.4 Å². The van der Waals surface area contributed by atoms with Crippen molar-refractivity contribution in [3.63, 3.8) is 0 Å². The topological polar surface area (TPSA) is 43.4 Å². The fourth-order valence-electron chi connectivity index (χ4n) is 2.43. The van der Waals surface area contributed by atoms with Gasteiger partial charge in [0, 0.05) is 0 Å². The molecule has 0 amide bonds. The number of carbonyl (C=O) groups excluding carboxylic acids is 2. The molecule has 2 aromatic carbocycles. The van der Waals surface area contributed by atoms with Gasteiger partial charge >= 0.3 is 5.97 Å². The summed E-state index contributed by atoms with van der Waals surface area (Å²) in [5.74, 6) is -0.605. The molecule has 2 aromatic rings. The average molecular weight is 290 g/mol. The van der Waals surface area contributed by atoms with Crippen LogP contribution in [0.25, 0.3) is 6.08 Å². The Morgan fingerprint density at radius 3 is 2.55 bits per heavy atom. The molecular formula is C19H14O3. The molecule has 0 unspecified atom stereocenters. The first-order valence-electron chi connectivity index (χ1n) is 6.97. The summed E-state index contributed by atoms with van der Waals surface area (Å²) in [7, 11) is 0. The third kappa shape index (κ3) is 2.49. The van der Waals surface area contributed by atoms with Crippen molar-refractivity contribution in [2.24, 2.45) is 0 Å². The highest BCUT2D eigenvalue weighted by atomic mass is 16.5. The fraction of sp³-hybridized carbons (Fsp3) is 0.0526. The van der Waals surface area contributed by atoms with Crippen molar-refractivity contribution < 1.29 is 14.3 Å². The number of hydrogen-bond donors (Lipinski definition) is 0. The number of ether oxygens (including phenoxy) is 1. The maximum atomic E-state index is 12.5. The van der Waals surface area contributed by atoms with Gasteiger partial charge in [-0.05, 0) is 35.8 Å². The summed E-state index contributed by atoms with van der Waals surface area (Å²) >= 11 is 0. The van der Waals surface area contributed by atoms with E-state index < -0.39 is 5.97 Å². The number of Topliss-reactive ketones (excluding diaryl/α,β-unsaturated/α-hetero) is 1. The van der Waals surface area contributed by atoms with E-state index >= 15 is 0 Å². The van der Waals surface area contributed by atoms with E-state index in [2.05, 4.69) is 6.58 Å². The molecule has 1 aliphatic rings. The second-order valence-electron chi connectivity index (χ2n) is 4.96. The molecule has 0 saturated heterocycles. The third-order valence-electron chi connectivity index (χ3n) is 3.52. The minimum absolute atomic E-state index is 0.0511. The average Bonchev–Trinajstić information content (AvgIpc) is 2.53. The summed E-state index contributed by atoms with van der Waals surface area (Å²) in [6, 6.07) is 14.4. The quantitative estimate of drug-likeness (QED) is 0.285. The molecule has 22 heavy (non-hydrogen) atoms. The van der Waals surface area contributed by atoms with Crippen LogP contribution in [0.2, 0.25) is 0 Å². The predicted molar refractivity (Wildman–Crippen MR) is 84.7 cm³/mol. The number of ketones is 1. The van der Waals surface area contributed by atoms with Gasteiger partial charge in [-0.2, -0.15) is 0 Å². The smallest absolute Gasteiger partial charge is 0.347 e. The standard InChI is InChI=1S/C19H14O3/c1-2-7-13-8-3-4-9-14(13)12-16-18(20)15-10-5-6-11-17(15)22-19(16)21/h2-6,8-12H,1,7H2. The van der Waals surface area contributed by atoms with Crippen molar-refractivity contribution in [1.29, 1.82) is 0 Å². The Hall–Kier alpha value is -2.94. The molecular weight excluding hydrogens is 276 g/mol. The van der Waals surface area contributed by atoms with Crippen molar-refractivity contribution >= 4 is 17.8 Å². The van der Waals surface area contributed by atoms with Gasteiger partial charge in [-0.15, -0.1) is 6.58 Å². The van der Waals surface area contributed by atoms with Crippen LogP contribution in [0.1, 0.15) is 21.5 Å². The van der Waals surface area contributed by atoms with Gasteiger partial charge < -0.3 is 4.74 Å². The summed E-state index contributed by atoms with van der Waals surface area (Å²) in [6.07, 6.45) is 4.05. The molecule has 0 atom stereocenters. The number of hydrogen-bond acceptors (Lipinski definition) is 3. The molecule has 3 nitrogen and oxygen atoms in total. The van der Waals surface area contributed by atoms with Gasteiger partial charge in [-0.1, -0.05) is 42.5 Å². The number of fused-ring (bicyclic) bond motifs is 1. The lowest BCUT2D eigenvalue weighted by molar-refractivity contribution is -0.130. The zero-order chi connectivity index (χ0) is 15.5. The first kappa shape index (κ1) is 14.0. The van der Waals surface area contributed by atoms with E-state index in [9.17, 15) is 9.59 Å². The van der Waals surface area contributed by atoms with E-state index in [1.807, 2.05) is 24.3 Å². The molecule has 1 aliphatic heterocycles. The Kier molecular flexibility index (Phi) is 3.71. The Bertz CT molecular complexity index is 800. The predicted octanol–water partition coefficient (Wildman–Crippen LogP) is 3.60. The molecule has 3 rings (SSSR count). The number of carbonyl (C=O) groups is 2.